The molecule has 8 rings (SSSR count). The van der Waals surface area contributed by atoms with Gasteiger partial charge in [0, 0.05) is 19.4 Å². The van der Waals surface area contributed by atoms with E-state index in [0.717, 1.165) is 25.3 Å². The Morgan fingerprint density at radius 2 is 1.26 bits per heavy atom. The SMILES string of the molecule is CC(=O)OCC1O[C@@H](O[C@H]2CC[C@@]3(C)C(=CC[C@H]4C5C(O)CC(C(/C=C/[C@@H](C)C(C)C)CO)[C@@]5(C)CCC43)[C@H]2O)C(O)C(O[C@@H]2OC[C@@H](O)C(O)C2O[C@H]2OC(CO)[C@H](O)C(O)C2O)[C@@H]1O[C@@H]1OC(CO)[C@H](O)C(O)C1O. The first-order chi connectivity index (χ1) is 36.4. The topological polar surface area (TPSA) is 383 Å². The standard InChI is InChI=1S/C53H86O24/c1-21(2)22(3)7-8-24(16-54)28-15-29(58)35-25-9-10-27-36(60)31(12-14-52(27,5)26(25)11-13-53(28,35)6)71-50-44(68)46(45(34(74-50)20-69-23(4)57)75-48-42(66)40(64)38(62)32(17-55)72-48)76-51-47(37(61)30(59)19-70-51)77-49-43(67)41(65)39(63)33(18-56)73-49/h7-8,10,21-22,24-26,28-51,54-56,58-68H,9,11-20H2,1-6H3/b8-7+/t22-,24?,25-,26?,28?,29?,30-,31+,32?,33?,34?,35?,36-,37?,38+,39+,40?,41?,42?,43?,44?,45-,46?,47?,48+,49-,50-,51+,52-,53-/m1/s1. The lowest BCUT2D eigenvalue weighted by molar-refractivity contribution is -0.397. The summed E-state index contributed by atoms with van der Waals surface area (Å²) in [5, 5.41) is 154. The molecule has 3 saturated carbocycles. The first-order valence-electron chi connectivity index (χ1n) is 27.4. The van der Waals surface area contributed by atoms with Crippen molar-refractivity contribution >= 4 is 5.97 Å². The van der Waals surface area contributed by atoms with Crippen molar-refractivity contribution in [3.05, 3.63) is 23.8 Å². The highest BCUT2D eigenvalue weighted by atomic mass is 16.8. The van der Waals surface area contributed by atoms with E-state index in [9.17, 15) is 76.3 Å². The molecular weight excluding hydrogens is 1020 g/mol. The van der Waals surface area contributed by atoms with Crippen LogP contribution in [0.25, 0.3) is 0 Å². The van der Waals surface area contributed by atoms with Gasteiger partial charge in [-0.1, -0.05) is 52.8 Å². The number of carbonyl (C=O) groups excluding carboxylic acids is 1. The van der Waals surface area contributed by atoms with Gasteiger partial charge in [-0.25, -0.2) is 0 Å². The second-order valence-electron chi connectivity index (χ2n) is 23.8. The Morgan fingerprint density at radius 3 is 1.84 bits per heavy atom. The van der Waals surface area contributed by atoms with Gasteiger partial charge in [0.25, 0.3) is 0 Å². The fraction of sp³-hybridized carbons (Fsp3) is 0.906. The maximum Gasteiger partial charge on any atom is 0.302 e. The Bertz CT molecular complexity index is 2010. The van der Waals surface area contributed by atoms with Gasteiger partial charge in [0.05, 0.1) is 32.0 Å². The molecule has 442 valence electrons. The van der Waals surface area contributed by atoms with Gasteiger partial charge < -0.3 is 114 Å². The van der Waals surface area contributed by atoms with E-state index < -0.39 is 173 Å². The third-order valence-corrected chi connectivity index (χ3v) is 19.0. The Labute approximate surface area is 448 Å². The van der Waals surface area contributed by atoms with Crippen LogP contribution in [0, 0.1) is 52.3 Å². The summed E-state index contributed by atoms with van der Waals surface area (Å²) in [4.78, 5) is 12.4. The largest absolute Gasteiger partial charge is 0.463 e. The summed E-state index contributed by atoms with van der Waals surface area (Å²) in [7, 11) is 0. The van der Waals surface area contributed by atoms with Crippen molar-refractivity contribution < 1.29 is 119 Å². The molecule has 0 aromatic heterocycles. The smallest absolute Gasteiger partial charge is 0.302 e. The van der Waals surface area contributed by atoms with Crippen molar-refractivity contribution in [1.29, 1.82) is 0 Å². The molecule has 0 amide bonds. The average Bonchev–Trinajstić information content (AvgIpc) is 3.85. The summed E-state index contributed by atoms with van der Waals surface area (Å²) in [6, 6.07) is 0. The molecule has 24 heteroatoms. The zero-order chi connectivity index (χ0) is 56.2. The minimum absolute atomic E-state index is 0.0186. The number of hydrogen-bond acceptors (Lipinski definition) is 24. The van der Waals surface area contributed by atoms with Gasteiger partial charge in [-0.3, -0.25) is 4.79 Å². The van der Waals surface area contributed by atoms with Crippen LogP contribution in [0.2, 0.25) is 0 Å². The lowest BCUT2D eigenvalue weighted by atomic mass is 9.46. The third-order valence-electron chi connectivity index (χ3n) is 19.0. The van der Waals surface area contributed by atoms with Crippen LogP contribution in [0.5, 0.6) is 0 Å². The molecule has 24 nitrogen and oxygen atoms in total. The van der Waals surface area contributed by atoms with Gasteiger partial charge >= 0.3 is 5.97 Å². The lowest BCUT2D eigenvalue weighted by Crippen LogP contribution is -2.68. The van der Waals surface area contributed by atoms with Gasteiger partial charge in [0.2, 0.25) is 0 Å². The van der Waals surface area contributed by atoms with Crippen LogP contribution in [-0.4, -0.2) is 246 Å². The summed E-state index contributed by atoms with van der Waals surface area (Å²) < 4.78 is 53.7. The zero-order valence-corrected chi connectivity index (χ0v) is 44.6. The molecule has 4 aliphatic heterocycles. The molecule has 30 atom stereocenters. The van der Waals surface area contributed by atoms with E-state index in [1.165, 1.54) is 0 Å². The summed E-state index contributed by atoms with van der Waals surface area (Å²) in [5.41, 5.74) is -0.0346. The van der Waals surface area contributed by atoms with E-state index in [1.807, 2.05) is 6.08 Å². The Hall–Kier alpha value is -1.93. The summed E-state index contributed by atoms with van der Waals surface area (Å²) >= 11 is 0. The number of ether oxygens (including phenoxy) is 9. The fourth-order valence-corrected chi connectivity index (χ4v) is 14.2. The van der Waals surface area contributed by atoms with Crippen molar-refractivity contribution in [2.24, 2.45) is 52.3 Å². The van der Waals surface area contributed by atoms with Gasteiger partial charge in [0.15, 0.2) is 25.2 Å². The Kier molecular flexibility index (Phi) is 19.8. The number of rotatable bonds is 17. The highest BCUT2D eigenvalue weighted by molar-refractivity contribution is 5.65. The molecule has 4 saturated heterocycles. The van der Waals surface area contributed by atoms with Gasteiger partial charge in [-0.15, -0.1) is 0 Å². The number of aliphatic hydroxyl groups excluding tert-OH is 14. The quantitative estimate of drug-likeness (QED) is 0.0505. The van der Waals surface area contributed by atoms with Gasteiger partial charge in [-0.2, -0.15) is 0 Å². The second kappa shape index (κ2) is 24.9. The van der Waals surface area contributed by atoms with Crippen LogP contribution in [0.4, 0.5) is 0 Å². The number of carbonyl (C=O) groups is 1. The molecule has 0 aromatic rings. The molecule has 0 bridgehead atoms. The van der Waals surface area contributed by atoms with E-state index in [2.05, 4.69) is 46.8 Å². The molecular formula is C53H86O24. The van der Waals surface area contributed by atoms with E-state index in [0.29, 0.717) is 31.1 Å². The highest BCUT2D eigenvalue weighted by Gasteiger charge is 2.64. The molecule has 4 aliphatic carbocycles. The Morgan fingerprint density at radius 1 is 0.675 bits per heavy atom. The monoisotopic (exact) mass is 1110 g/mol. The van der Waals surface area contributed by atoms with Crippen molar-refractivity contribution in [3.8, 4) is 0 Å². The maximum atomic E-state index is 12.5. The minimum atomic E-state index is -2.01. The van der Waals surface area contributed by atoms with Crippen LogP contribution in [0.3, 0.4) is 0 Å². The molecule has 0 radical (unpaired) electrons. The second-order valence-corrected chi connectivity index (χ2v) is 23.8. The predicted molar refractivity (Wildman–Crippen MR) is 262 cm³/mol. The van der Waals surface area contributed by atoms with Crippen molar-refractivity contribution in [2.75, 3.05) is 33.0 Å². The molecule has 7 fully saturated rings. The zero-order valence-electron chi connectivity index (χ0n) is 44.6. The maximum absolute atomic E-state index is 12.5. The third kappa shape index (κ3) is 11.9. The van der Waals surface area contributed by atoms with Crippen molar-refractivity contribution in [3.63, 3.8) is 0 Å². The van der Waals surface area contributed by atoms with E-state index >= 15 is 0 Å². The summed E-state index contributed by atoms with van der Waals surface area (Å²) in [6.07, 6.45) is -27.3. The fourth-order valence-electron chi connectivity index (χ4n) is 14.2. The summed E-state index contributed by atoms with van der Waals surface area (Å²) in [6.45, 7) is 9.01. The Balaban J connectivity index is 1.07. The van der Waals surface area contributed by atoms with Crippen molar-refractivity contribution in [2.45, 2.75) is 215 Å². The number of fused-ring (bicyclic) bond motifs is 5. The number of allylic oxidation sites excluding steroid dienone is 2. The molecule has 4 heterocycles. The van der Waals surface area contributed by atoms with E-state index in [-0.39, 0.29) is 48.0 Å². The molecule has 16 unspecified atom stereocenters. The van der Waals surface area contributed by atoms with Crippen LogP contribution in [0.15, 0.2) is 23.8 Å². The molecule has 8 aliphatic rings. The van der Waals surface area contributed by atoms with Crippen LogP contribution >= 0.6 is 0 Å². The van der Waals surface area contributed by atoms with Crippen LogP contribution < -0.4 is 0 Å². The lowest BCUT2D eigenvalue weighted by Gasteiger charge is -2.59. The van der Waals surface area contributed by atoms with Crippen LogP contribution in [0.1, 0.15) is 80.1 Å². The van der Waals surface area contributed by atoms with Gasteiger partial charge in [-0.05, 0) is 90.4 Å². The molecule has 0 spiro atoms. The minimum Gasteiger partial charge on any atom is -0.463 e. The molecule has 77 heavy (non-hydrogen) atoms. The van der Waals surface area contributed by atoms with E-state index in [1.54, 1.807) is 0 Å². The first kappa shape index (κ1) is 61.1. The predicted octanol–water partition coefficient (Wildman–Crippen LogP) is -3.17. The summed E-state index contributed by atoms with van der Waals surface area (Å²) in [5.74, 6) is 0.0546. The van der Waals surface area contributed by atoms with Crippen molar-refractivity contribution in [1.82, 2.24) is 0 Å². The number of esters is 1. The first-order valence-corrected chi connectivity index (χ1v) is 27.4. The number of hydrogen-bond donors (Lipinski definition) is 14. The molecule has 0 aromatic carbocycles. The average molecular weight is 1110 g/mol. The highest BCUT2D eigenvalue weighted by Crippen LogP contribution is 2.67. The molecule has 14 N–H and O–H groups in total. The van der Waals surface area contributed by atoms with Crippen LogP contribution in [-0.2, 0) is 47.4 Å². The van der Waals surface area contributed by atoms with Gasteiger partial charge in [0.1, 0.15) is 104 Å². The normalized spacial score (nSPS) is 50.1. The number of aliphatic hydroxyl groups is 14. The van der Waals surface area contributed by atoms with E-state index in [4.69, 9.17) is 42.6 Å².